The van der Waals surface area contributed by atoms with E-state index in [0.29, 0.717) is 22.7 Å². The van der Waals surface area contributed by atoms with Gasteiger partial charge in [0.1, 0.15) is 11.8 Å². The lowest BCUT2D eigenvalue weighted by atomic mass is 10.1. The molecule has 0 unspecified atom stereocenters. The lowest BCUT2D eigenvalue weighted by Crippen LogP contribution is -2.49. The molecular weight excluding hydrogens is 322 g/mol. The maximum Gasteiger partial charge on any atom is 0.412 e. The van der Waals surface area contributed by atoms with Crippen LogP contribution in [0.15, 0.2) is 48.5 Å². The first-order valence-electron chi connectivity index (χ1n) is 7.74. The summed E-state index contributed by atoms with van der Waals surface area (Å²) >= 11 is 0. The molecule has 2 aromatic carbocycles. The largest absolute Gasteiger partial charge is 0.412 e. The van der Waals surface area contributed by atoms with Crippen LogP contribution < -0.4 is 20.3 Å². The summed E-state index contributed by atoms with van der Waals surface area (Å²) in [5.41, 5.74) is 1.63. The molecule has 0 radical (unpaired) electrons. The molecule has 7 nitrogen and oxygen atoms in total. The van der Waals surface area contributed by atoms with Gasteiger partial charge in [0.05, 0.1) is 11.4 Å². The van der Waals surface area contributed by atoms with Gasteiger partial charge in [-0.2, -0.15) is 0 Å². The summed E-state index contributed by atoms with van der Waals surface area (Å²) in [6.07, 6.45) is -0.589. The van der Waals surface area contributed by atoms with Crippen molar-refractivity contribution in [2.45, 2.75) is 13.0 Å². The number of nitrogens with zero attached hydrogens (tertiary/aromatic N) is 1. The van der Waals surface area contributed by atoms with Crippen LogP contribution in [0.25, 0.3) is 0 Å². The molecule has 0 bridgehead atoms. The third-order valence-electron chi connectivity index (χ3n) is 3.92. The molecule has 3 rings (SSSR count). The molecule has 1 heterocycles. The zero-order chi connectivity index (χ0) is 18.0. The molecule has 1 aliphatic heterocycles. The Balaban J connectivity index is 1.89. The SMILES string of the molecule is CNC(=O)Oc1ccc(C(=O)N2c3ccccc3NC(=O)[C@H]2C)cc1. The number of benzene rings is 2. The van der Waals surface area contributed by atoms with Crippen LogP contribution in [0, 0.1) is 0 Å². The van der Waals surface area contributed by atoms with Crippen LogP contribution in [0.3, 0.4) is 0 Å². The molecule has 2 N–H and O–H groups in total. The molecule has 1 atom stereocenters. The average molecular weight is 339 g/mol. The molecule has 128 valence electrons. The lowest BCUT2D eigenvalue weighted by molar-refractivity contribution is -0.117. The fourth-order valence-corrected chi connectivity index (χ4v) is 2.60. The first-order valence-corrected chi connectivity index (χ1v) is 7.74. The summed E-state index contributed by atoms with van der Waals surface area (Å²) < 4.78 is 5.00. The van der Waals surface area contributed by atoms with E-state index >= 15 is 0 Å². The van der Waals surface area contributed by atoms with E-state index in [0.717, 1.165) is 0 Å². The first kappa shape index (κ1) is 16.5. The highest BCUT2D eigenvalue weighted by Gasteiger charge is 2.34. The van der Waals surface area contributed by atoms with Gasteiger partial charge in [-0.25, -0.2) is 4.79 Å². The summed E-state index contributed by atoms with van der Waals surface area (Å²) in [5, 5.41) is 5.13. The molecular formula is C18H17N3O4. The molecule has 25 heavy (non-hydrogen) atoms. The summed E-state index contributed by atoms with van der Waals surface area (Å²) in [5.74, 6) is -0.228. The first-order chi connectivity index (χ1) is 12.0. The smallest absolute Gasteiger partial charge is 0.410 e. The second-order valence-electron chi connectivity index (χ2n) is 5.52. The molecule has 0 aromatic heterocycles. The fourth-order valence-electron chi connectivity index (χ4n) is 2.60. The molecule has 1 aliphatic rings. The molecule has 0 spiro atoms. The van der Waals surface area contributed by atoms with E-state index in [1.54, 1.807) is 37.3 Å². The van der Waals surface area contributed by atoms with Crippen molar-refractivity contribution < 1.29 is 19.1 Å². The van der Waals surface area contributed by atoms with Crippen molar-refractivity contribution in [3.05, 3.63) is 54.1 Å². The van der Waals surface area contributed by atoms with E-state index in [9.17, 15) is 14.4 Å². The predicted octanol–water partition coefficient (Wildman–Crippen LogP) is 2.39. The number of hydrogen-bond acceptors (Lipinski definition) is 4. The highest BCUT2D eigenvalue weighted by molar-refractivity contribution is 6.16. The number of carbonyl (C=O) groups excluding carboxylic acids is 3. The number of ether oxygens (including phenoxy) is 1. The second-order valence-corrected chi connectivity index (χ2v) is 5.52. The van der Waals surface area contributed by atoms with Crippen LogP contribution in [0.5, 0.6) is 5.75 Å². The van der Waals surface area contributed by atoms with Gasteiger partial charge in [0.25, 0.3) is 5.91 Å². The van der Waals surface area contributed by atoms with Crippen LogP contribution >= 0.6 is 0 Å². The number of carbonyl (C=O) groups is 3. The van der Waals surface area contributed by atoms with E-state index in [1.165, 1.54) is 24.1 Å². The average Bonchev–Trinajstić information content (AvgIpc) is 2.63. The standard InChI is InChI=1S/C18H17N3O4/c1-11-16(22)20-14-5-3-4-6-15(14)21(11)17(23)12-7-9-13(10-8-12)25-18(24)19-2/h3-11H,1-2H3,(H,19,24)(H,20,22)/t11-/m1/s1. The Bertz CT molecular complexity index is 832. The summed E-state index contributed by atoms with van der Waals surface area (Å²) in [6, 6.07) is 12.7. The Morgan fingerprint density at radius 3 is 2.48 bits per heavy atom. The number of rotatable bonds is 2. The van der Waals surface area contributed by atoms with E-state index in [4.69, 9.17) is 4.74 Å². The summed E-state index contributed by atoms with van der Waals surface area (Å²) in [4.78, 5) is 37.7. The van der Waals surface area contributed by atoms with Crippen molar-refractivity contribution in [2.75, 3.05) is 17.3 Å². The minimum absolute atomic E-state index is 0.244. The van der Waals surface area contributed by atoms with Crippen molar-refractivity contribution in [1.82, 2.24) is 5.32 Å². The second kappa shape index (κ2) is 6.64. The Morgan fingerprint density at radius 1 is 1.12 bits per heavy atom. The third-order valence-corrected chi connectivity index (χ3v) is 3.92. The van der Waals surface area contributed by atoms with E-state index in [1.807, 2.05) is 6.07 Å². The van der Waals surface area contributed by atoms with Crippen LogP contribution in [0.2, 0.25) is 0 Å². The van der Waals surface area contributed by atoms with Crippen molar-refractivity contribution in [2.24, 2.45) is 0 Å². The number of amides is 3. The molecule has 0 saturated carbocycles. The Hall–Kier alpha value is -3.35. The van der Waals surface area contributed by atoms with Crippen LogP contribution in [0.1, 0.15) is 17.3 Å². The Labute approximate surface area is 144 Å². The van der Waals surface area contributed by atoms with Gasteiger partial charge >= 0.3 is 6.09 Å². The molecule has 7 heteroatoms. The summed E-state index contributed by atoms with van der Waals surface area (Å²) in [7, 11) is 1.46. The molecule has 2 aromatic rings. The van der Waals surface area contributed by atoms with Gasteiger partial charge in [-0.1, -0.05) is 12.1 Å². The maximum atomic E-state index is 12.9. The van der Waals surface area contributed by atoms with E-state index in [2.05, 4.69) is 10.6 Å². The van der Waals surface area contributed by atoms with Crippen LogP contribution in [-0.2, 0) is 4.79 Å². The fraction of sp³-hybridized carbons (Fsp3) is 0.167. The van der Waals surface area contributed by atoms with Gasteiger partial charge in [0, 0.05) is 12.6 Å². The number of fused-ring (bicyclic) bond motifs is 1. The van der Waals surface area contributed by atoms with Gasteiger partial charge in [-0.3, -0.25) is 14.5 Å². The number of hydrogen-bond donors (Lipinski definition) is 2. The van der Waals surface area contributed by atoms with Gasteiger partial charge in [-0.05, 0) is 43.3 Å². The maximum absolute atomic E-state index is 12.9. The molecule has 3 amide bonds. The topological polar surface area (TPSA) is 87.7 Å². The third kappa shape index (κ3) is 3.16. The highest BCUT2D eigenvalue weighted by Crippen LogP contribution is 2.33. The van der Waals surface area contributed by atoms with Crippen LogP contribution in [-0.4, -0.2) is 31.0 Å². The number of para-hydroxylation sites is 2. The highest BCUT2D eigenvalue weighted by atomic mass is 16.5. The van der Waals surface area contributed by atoms with Gasteiger partial charge in [0.2, 0.25) is 5.91 Å². The lowest BCUT2D eigenvalue weighted by Gasteiger charge is -2.34. The quantitative estimate of drug-likeness (QED) is 0.879. The van der Waals surface area contributed by atoms with Gasteiger partial charge in [-0.15, -0.1) is 0 Å². The Kier molecular flexibility index (Phi) is 4.38. The van der Waals surface area contributed by atoms with Crippen molar-refractivity contribution in [1.29, 1.82) is 0 Å². The minimum Gasteiger partial charge on any atom is -0.410 e. The Morgan fingerprint density at radius 2 is 1.80 bits per heavy atom. The minimum atomic E-state index is -0.635. The monoisotopic (exact) mass is 339 g/mol. The zero-order valence-electron chi connectivity index (χ0n) is 13.8. The predicted molar refractivity (Wildman–Crippen MR) is 92.9 cm³/mol. The zero-order valence-corrected chi connectivity index (χ0v) is 13.8. The number of nitrogens with one attached hydrogen (secondary N) is 2. The number of anilines is 2. The van der Waals surface area contributed by atoms with E-state index in [-0.39, 0.29) is 11.8 Å². The molecule has 0 saturated heterocycles. The van der Waals surface area contributed by atoms with E-state index < -0.39 is 12.1 Å². The van der Waals surface area contributed by atoms with Crippen molar-refractivity contribution in [3.8, 4) is 5.75 Å². The van der Waals surface area contributed by atoms with Crippen molar-refractivity contribution in [3.63, 3.8) is 0 Å². The van der Waals surface area contributed by atoms with Gasteiger partial charge in [0.15, 0.2) is 0 Å². The van der Waals surface area contributed by atoms with Gasteiger partial charge < -0.3 is 15.4 Å². The molecule has 0 aliphatic carbocycles. The normalized spacial score (nSPS) is 15.8. The summed E-state index contributed by atoms with van der Waals surface area (Å²) in [6.45, 7) is 1.67. The van der Waals surface area contributed by atoms with Crippen LogP contribution in [0.4, 0.5) is 16.2 Å². The molecule has 0 fully saturated rings. The van der Waals surface area contributed by atoms with Crippen molar-refractivity contribution >= 4 is 29.3 Å².